The SMILES string of the molecule is C[CH-]OCC.Cc1ccnc(-c2cc(C)ccn2)c1.Cc1ccnc(-c2cc(C)ccn2)c1.Cc1ccnc(-c2cc(C)ccn2)c1.F[P-](F)(F)(F)(F)F.F[P-](F)(F)(F)(F)F.[Fe+3]. The van der Waals surface area contributed by atoms with Gasteiger partial charge in [-0.05, 0) is 155 Å². The van der Waals surface area contributed by atoms with Crippen LogP contribution in [-0.2, 0) is 21.8 Å². The second-order valence-corrected chi connectivity index (χ2v) is 16.8. The summed E-state index contributed by atoms with van der Waals surface area (Å²) < 4.78 is 123. The largest absolute Gasteiger partial charge is 3.00 e. The molecule has 0 atom stereocenters. The van der Waals surface area contributed by atoms with Gasteiger partial charge in [-0.15, -0.1) is 0 Å². The van der Waals surface area contributed by atoms with Gasteiger partial charge in [0.05, 0.1) is 34.2 Å². The number of pyridine rings is 6. The monoisotopic (exact) mass is 971 g/mol. The van der Waals surface area contributed by atoms with Crippen molar-refractivity contribution in [3.63, 3.8) is 0 Å². The minimum atomic E-state index is -10.7. The molecule has 0 bridgehead atoms. The Kier molecular flexibility index (Phi) is 20.5. The van der Waals surface area contributed by atoms with Crippen LogP contribution >= 0.6 is 15.6 Å². The van der Waals surface area contributed by atoms with E-state index in [-0.39, 0.29) is 17.1 Å². The smallest absolute Gasteiger partial charge is 3.00 e. The molecule has 6 rings (SSSR count). The van der Waals surface area contributed by atoms with Crippen molar-refractivity contribution in [3.8, 4) is 34.2 Å². The van der Waals surface area contributed by atoms with Gasteiger partial charge in [0.25, 0.3) is 0 Å². The van der Waals surface area contributed by atoms with Gasteiger partial charge in [0.2, 0.25) is 0 Å². The van der Waals surface area contributed by atoms with Crippen LogP contribution in [0.5, 0.6) is 0 Å². The minimum Gasteiger partial charge on any atom is 3.00 e. The van der Waals surface area contributed by atoms with E-state index < -0.39 is 15.6 Å². The Balaban J connectivity index is 0.000000748. The van der Waals surface area contributed by atoms with Crippen LogP contribution < -0.4 is 0 Å². The fourth-order valence-electron chi connectivity index (χ4n) is 4.22. The molecule has 0 aliphatic carbocycles. The maximum absolute atomic E-state index is 10.7. The number of hydrogen-bond donors (Lipinski definition) is 0. The molecule has 0 aliphatic rings. The Morgan fingerprint density at radius 2 is 0.532 bits per heavy atom. The van der Waals surface area contributed by atoms with Crippen LogP contribution in [0.15, 0.2) is 110 Å². The maximum Gasteiger partial charge on any atom is 3.00 e. The van der Waals surface area contributed by atoms with Crippen LogP contribution in [0.3, 0.4) is 0 Å². The predicted molar refractivity (Wildman–Crippen MR) is 220 cm³/mol. The first-order valence-electron chi connectivity index (χ1n) is 17.7. The van der Waals surface area contributed by atoms with E-state index in [0.29, 0.717) is 0 Å². The van der Waals surface area contributed by atoms with Gasteiger partial charge in [0.1, 0.15) is 0 Å². The van der Waals surface area contributed by atoms with E-state index in [2.05, 4.69) is 71.4 Å². The van der Waals surface area contributed by atoms with Crippen molar-refractivity contribution in [2.24, 2.45) is 0 Å². The second-order valence-electron chi connectivity index (χ2n) is 12.9. The van der Waals surface area contributed by atoms with E-state index in [4.69, 9.17) is 4.74 Å². The molecule has 6 aromatic rings. The van der Waals surface area contributed by atoms with Crippen molar-refractivity contribution in [1.29, 1.82) is 0 Å². The Morgan fingerprint density at radius 3 is 0.613 bits per heavy atom. The Labute approximate surface area is 362 Å². The molecule has 0 saturated carbocycles. The van der Waals surface area contributed by atoms with Gasteiger partial charge in [-0.2, -0.15) is 6.92 Å². The number of aromatic nitrogens is 6. The average molecular weight is 972 g/mol. The molecule has 0 saturated heterocycles. The Morgan fingerprint density at radius 1 is 0.387 bits per heavy atom. The summed E-state index contributed by atoms with van der Waals surface area (Å²) in [5.41, 5.74) is 12.9. The van der Waals surface area contributed by atoms with E-state index in [1.165, 1.54) is 33.4 Å². The van der Waals surface area contributed by atoms with Crippen LogP contribution in [0.25, 0.3) is 34.2 Å². The third kappa shape index (κ3) is 34.0. The summed E-state index contributed by atoms with van der Waals surface area (Å²) in [5, 5.41) is 0. The fourth-order valence-corrected chi connectivity index (χ4v) is 4.22. The molecule has 6 heterocycles. The molecular weight excluding hydrogens is 926 g/mol. The number of rotatable bonds is 5. The number of aryl methyl sites for hydroxylation is 6. The van der Waals surface area contributed by atoms with Crippen LogP contribution in [0.4, 0.5) is 50.4 Å². The predicted octanol–water partition coefficient (Wildman–Crippen LogP) is 16.2. The zero-order chi connectivity index (χ0) is 46.8. The summed E-state index contributed by atoms with van der Waals surface area (Å²) in [6.45, 7) is 18.6. The van der Waals surface area contributed by atoms with Crippen LogP contribution in [-0.4, -0.2) is 36.5 Å². The summed E-state index contributed by atoms with van der Waals surface area (Å²) in [5.74, 6) is 0. The molecule has 0 unspecified atom stereocenters. The van der Waals surface area contributed by atoms with Crippen molar-refractivity contribution in [3.05, 3.63) is 150 Å². The zero-order valence-electron chi connectivity index (χ0n) is 34.6. The van der Waals surface area contributed by atoms with Crippen molar-refractivity contribution < 1.29 is 72.2 Å². The molecule has 0 amide bonds. The van der Waals surface area contributed by atoms with E-state index in [1.54, 1.807) is 6.61 Å². The van der Waals surface area contributed by atoms with Crippen LogP contribution in [0.2, 0.25) is 0 Å². The topological polar surface area (TPSA) is 86.6 Å². The molecular formula is C40H45F12FeN6OP2. The van der Waals surface area contributed by atoms with Gasteiger partial charge in [-0.3, -0.25) is 29.9 Å². The first kappa shape index (κ1) is 57.4. The second kappa shape index (κ2) is 22.2. The molecule has 62 heavy (non-hydrogen) atoms. The van der Waals surface area contributed by atoms with E-state index in [1.807, 2.05) is 124 Å². The molecule has 0 N–H and O–H groups in total. The van der Waals surface area contributed by atoms with E-state index in [9.17, 15) is 50.4 Å². The molecule has 0 aromatic carbocycles. The standard InChI is InChI=1S/3C12H12N2.C4H9O.2F6P.Fe/c3*1-9-3-5-13-11(7-9)12-8-10(2)4-6-14-12;1-3-5-4-2;2*1-7(2,3,4,5)6;/h3*3-8H,1-2H3;3H,4H2,1-2H3;;;/q;;;3*-1;+3. The van der Waals surface area contributed by atoms with Gasteiger partial charge in [-0.25, -0.2) is 6.61 Å². The summed E-state index contributed by atoms with van der Waals surface area (Å²) in [4.78, 5) is 25.7. The molecule has 6 aromatic heterocycles. The van der Waals surface area contributed by atoms with Gasteiger partial charge in [0.15, 0.2) is 0 Å². The fraction of sp³-hybridized carbons (Fsp3) is 0.225. The summed E-state index contributed by atoms with van der Waals surface area (Å²) in [7, 11) is -21.3. The van der Waals surface area contributed by atoms with Crippen molar-refractivity contribution in [2.75, 3.05) is 6.61 Å². The number of nitrogens with zero attached hydrogens (tertiary/aromatic N) is 6. The summed E-state index contributed by atoms with van der Waals surface area (Å²) in [6, 6.07) is 24.2. The summed E-state index contributed by atoms with van der Waals surface area (Å²) in [6.07, 6.45) is 10.9. The average Bonchev–Trinajstić information content (AvgIpc) is 3.10. The van der Waals surface area contributed by atoms with Crippen LogP contribution in [0.1, 0.15) is 47.2 Å². The summed E-state index contributed by atoms with van der Waals surface area (Å²) >= 11 is 0. The minimum absolute atomic E-state index is 0. The third-order valence-electron chi connectivity index (χ3n) is 6.61. The maximum atomic E-state index is 9.87. The van der Waals surface area contributed by atoms with E-state index >= 15 is 0 Å². The van der Waals surface area contributed by atoms with Gasteiger partial charge < -0.3 is 4.74 Å². The van der Waals surface area contributed by atoms with Crippen molar-refractivity contribution in [2.45, 2.75) is 55.4 Å². The normalized spacial score (nSPS) is 12.8. The first-order valence-corrected chi connectivity index (χ1v) is 21.7. The molecule has 0 spiro atoms. The Hall–Kier alpha value is -4.60. The quantitative estimate of drug-likeness (QED) is 0.0736. The zero-order valence-corrected chi connectivity index (χ0v) is 37.4. The number of halogens is 12. The number of hydrogen-bond acceptors (Lipinski definition) is 7. The molecule has 343 valence electrons. The number of ether oxygens (including phenoxy) is 1. The molecule has 22 heteroatoms. The van der Waals surface area contributed by atoms with E-state index in [0.717, 1.165) is 40.8 Å². The molecule has 7 nitrogen and oxygen atoms in total. The van der Waals surface area contributed by atoms with Crippen molar-refractivity contribution in [1.82, 2.24) is 29.9 Å². The first-order chi connectivity index (χ1) is 27.6. The Bertz CT molecular complexity index is 1920. The van der Waals surface area contributed by atoms with Gasteiger partial charge in [-0.1, -0.05) is 0 Å². The molecule has 1 radical (unpaired) electrons. The van der Waals surface area contributed by atoms with Gasteiger partial charge >= 0.3 is 83.0 Å². The van der Waals surface area contributed by atoms with Crippen LogP contribution in [0, 0.1) is 48.1 Å². The van der Waals surface area contributed by atoms with Crippen molar-refractivity contribution >= 4 is 15.6 Å². The third-order valence-corrected chi connectivity index (χ3v) is 6.61. The van der Waals surface area contributed by atoms with Gasteiger partial charge in [0, 0.05) is 43.8 Å². The molecule has 0 aliphatic heterocycles. The molecule has 0 fully saturated rings.